The van der Waals surface area contributed by atoms with E-state index < -0.39 is 0 Å². The van der Waals surface area contributed by atoms with Crippen LogP contribution in [0.15, 0.2) is 16.6 Å². The Bertz CT molecular complexity index is 625. The van der Waals surface area contributed by atoms with Gasteiger partial charge in [-0.1, -0.05) is 0 Å². The molecule has 1 amide bonds. The number of nitrogens with zero attached hydrogens (tertiary/aromatic N) is 1. The Morgan fingerprint density at radius 3 is 2.65 bits per heavy atom. The molecule has 2 atom stereocenters. The molecular weight excluding hydrogens is 360 g/mol. The summed E-state index contributed by atoms with van der Waals surface area (Å²) in [7, 11) is 1.92. The summed E-state index contributed by atoms with van der Waals surface area (Å²) in [5.41, 5.74) is 0.648. The number of carbonyl (C=O) groups is 1. The first-order chi connectivity index (χ1) is 11.1. The maximum atomic E-state index is 12.9. The smallest absolute Gasteiger partial charge is 0.254 e. The van der Waals surface area contributed by atoms with Crippen molar-refractivity contribution in [3.63, 3.8) is 0 Å². The SMILES string of the molecule is CN(C(=O)c1cc(Br)c2c(c1)OCCO2)C1CC2CCC(C1)N2. The molecule has 2 fully saturated rings. The first kappa shape index (κ1) is 15.3. The van der Waals surface area contributed by atoms with E-state index in [-0.39, 0.29) is 5.91 Å². The predicted octanol–water partition coefficient (Wildman–Crippen LogP) is 2.58. The fourth-order valence-corrected chi connectivity index (χ4v) is 4.50. The number of rotatable bonds is 2. The third-order valence-corrected chi connectivity index (χ3v) is 5.75. The highest BCUT2D eigenvalue weighted by atomic mass is 79.9. The van der Waals surface area contributed by atoms with Gasteiger partial charge in [-0.15, -0.1) is 0 Å². The Labute approximate surface area is 144 Å². The second kappa shape index (κ2) is 5.98. The molecule has 0 spiro atoms. The highest BCUT2D eigenvalue weighted by Crippen LogP contribution is 2.39. The molecule has 1 aromatic carbocycles. The molecule has 3 heterocycles. The van der Waals surface area contributed by atoms with E-state index in [9.17, 15) is 4.79 Å². The van der Waals surface area contributed by atoms with Crippen molar-refractivity contribution in [1.29, 1.82) is 0 Å². The minimum absolute atomic E-state index is 0.0500. The topological polar surface area (TPSA) is 50.8 Å². The molecule has 0 aliphatic carbocycles. The van der Waals surface area contributed by atoms with Crippen LogP contribution in [-0.4, -0.2) is 49.2 Å². The second-order valence-electron chi connectivity index (χ2n) is 6.66. The zero-order valence-corrected chi connectivity index (χ0v) is 14.8. The number of piperidine rings is 1. The Morgan fingerprint density at radius 2 is 1.91 bits per heavy atom. The molecule has 3 aliphatic heterocycles. The van der Waals surface area contributed by atoms with Gasteiger partial charge in [-0.25, -0.2) is 0 Å². The van der Waals surface area contributed by atoms with Crippen LogP contribution in [0, 0.1) is 0 Å². The maximum Gasteiger partial charge on any atom is 0.254 e. The first-order valence-electron chi connectivity index (χ1n) is 8.24. The number of fused-ring (bicyclic) bond motifs is 3. The van der Waals surface area contributed by atoms with Crippen molar-refractivity contribution in [2.75, 3.05) is 20.3 Å². The van der Waals surface area contributed by atoms with Crippen LogP contribution in [0.4, 0.5) is 0 Å². The Hall–Kier alpha value is -1.27. The van der Waals surface area contributed by atoms with E-state index in [4.69, 9.17) is 9.47 Å². The lowest BCUT2D eigenvalue weighted by Crippen LogP contribution is -2.48. The van der Waals surface area contributed by atoms with Crippen molar-refractivity contribution < 1.29 is 14.3 Å². The molecule has 1 aromatic rings. The van der Waals surface area contributed by atoms with Crippen LogP contribution in [0.5, 0.6) is 11.5 Å². The number of benzene rings is 1. The third-order valence-electron chi connectivity index (χ3n) is 5.16. The number of amides is 1. The molecule has 124 valence electrons. The average Bonchev–Trinajstić information content (AvgIpc) is 2.91. The van der Waals surface area contributed by atoms with Crippen LogP contribution in [0.1, 0.15) is 36.0 Å². The number of hydrogen-bond donors (Lipinski definition) is 1. The summed E-state index contributed by atoms with van der Waals surface area (Å²) in [6, 6.07) is 5.09. The molecule has 5 nitrogen and oxygen atoms in total. The van der Waals surface area contributed by atoms with E-state index >= 15 is 0 Å². The summed E-state index contributed by atoms with van der Waals surface area (Å²) in [6.07, 6.45) is 4.56. The van der Waals surface area contributed by atoms with Gasteiger partial charge in [0.25, 0.3) is 5.91 Å². The number of ether oxygens (including phenoxy) is 2. The quantitative estimate of drug-likeness (QED) is 0.856. The summed E-state index contributed by atoms with van der Waals surface area (Å²) in [6.45, 7) is 1.06. The molecule has 2 saturated heterocycles. The molecular formula is C17H21BrN2O3. The third kappa shape index (κ3) is 2.83. The lowest BCUT2D eigenvalue weighted by Gasteiger charge is -2.35. The molecule has 1 N–H and O–H groups in total. The molecule has 2 bridgehead atoms. The van der Waals surface area contributed by atoms with Gasteiger partial charge in [0, 0.05) is 30.7 Å². The Balaban J connectivity index is 1.55. The molecule has 0 radical (unpaired) electrons. The summed E-state index contributed by atoms with van der Waals surface area (Å²) in [5.74, 6) is 1.39. The van der Waals surface area contributed by atoms with E-state index in [0.717, 1.165) is 17.3 Å². The largest absolute Gasteiger partial charge is 0.486 e. The van der Waals surface area contributed by atoms with Gasteiger partial charge in [0.15, 0.2) is 11.5 Å². The molecule has 4 rings (SSSR count). The molecule has 23 heavy (non-hydrogen) atoms. The molecule has 6 heteroatoms. The average molecular weight is 381 g/mol. The normalized spacial score (nSPS) is 28.5. The molecule has 2 unspecified atom stereocenters. The Kier molecular flexibility index (Phi) is 3.97. The van der Waals surface area contributed by atoms with Gasteiger partial charge in [0.2, 0.25) is 0 Å². The fraction of sp³-hybridized carbons (Fsp3) is 0.588. The number of halogens is 1. The monoisotopic (exact) mass is 380 g/mol. The van der Waals surface area contributed by atoms with E-state index in [0.29, 0.717) is 48.4 Å². The number of nitrogens with one attached hydrogen (secondary N) is 1. The van der Waals surface area contributed by atoms with Crippen LogP contribution in [0.3, 0.4) is 0 Å². The molecule has 0 aromatic heterocycles. The van der Waals surface area contributed by atoms with Gasteiger partial charge in [0.1, 0.15) is 13.2 Å². The summed E-state index contributed by atoms with van der Waals surface area (Å²) in [5, 5.41) is 3.62. The highest BCUT2D eigenvalue weighted by molar-refractivity contribution is 9.10. The van der Waals surface area contributed by atoms with Gasteiger partial charge in [-0.05, 0) is 53.7 Å². The van der Waals surface area contributed by atoms with Crippen LogP contribution in [-0.2, 0) is 0 Å². The van der Waals surface area contributed by atoms with Gasteiger partial charge in [0.05, 0.1) is 4.47 Å². The van der Waals surface area contributed by atoms with Crippen LogP contribution >= 0.6 is 15.9 Å². The van der Waals surface area contributed by atoms with Gasteiger partial charge in [-0.2, -0.15) is 0 Å². The summed E-state index contributed by atoms with van der Waals surface area (Å²) in [4.78, 5) is 14.8. The van der Waals surface area contributed by atoms with E-state index in [1.165, 1.54) is 12.8 Å². The van der Waals surface area contributed by atoms with Gasteiger partial charge >= 0.3 is 0 Å². The molecule has 3 aliphatic rings. The lowest BCUT2D eigenvalue weighted by molar-refractivity contribution is 0.0680. The first-order valence-corrected chi connectivity index (χ1v) is 9.03. The van der Waals surface area contributed by atoms with Crippen molar-refractivity contribution >= 4 is 21.8 Å². The highest BCUT2D eigenvalue weighted by Gasteiger charge is 2.36. The zero-order valence-electron chi connectivity index (χ0n) is 13.2. The van der Waals surface area contributed by atoms with E-state index in [2.05, 4.69) is 21.2 Å². The van der Waals surface area contributed by atoms with Crippen molar-refractivity contribution in [3.8, 4) is 11.5 Å². The van der Waals surface area contributed by atoms with E-state index in [1.807, 2.05) is 18.0 Å². The summed E-state index contributed by atoms with van der Waals surface area (Å²) >= 11 is 3.49. The predicted molar refractivity (Wildman–Crippen MR) is 90.2 cm³/mol. The minimum Gasteiger partial charge on any atom is -0.486 e. The van der Waals surface area contributed by atoms with E-state index in [1.54, 1.807) is 6.07 Å². The maximum absolute atomic E-state index is 12.9. The van der Waals surface area contributed by atoms with Crippen molar-refractivity contribution in [2.45, 2.75) is 43.8 Å². The second-order valence-corrected chi connectivity index (χ2v) is 7.52. The van der Waals surface area contributed by atoms with Crippen LogP contribution in [0.25, 0.3) is 0 Å². The van der Waals surface area contributed by atoms with Gasteiger partial charge < -0.3 is 19.7 Å². The fourth-order valence-electron chi connectivity index (χ4n) is 3.95. The minimum atomic E-state index is 0.0500. The van der Waals surface area contributed by atoms with Crippen molar-refractivity contribution in [1.82, 2.24) is 10.2 Å². The lowest BCUT2D eigenvalue weighted by atomic mass is 9.98. The standard InChI is InChI=1S/C17H21BrN2O3/c1-20(13-8-11-2-3-12(9-13)19-11)17(21)10-6-14(18)16-15(7-10)22-4-5-23-16/h6-7,11-13,19H,2-5,8-9H2,1H3. The Morgan fingerprint density at radius 1 is 1.22 bits per heavy atom. The summed E-state index contributed by atoms with van der Waals surface area (Å²) < 4.78 is 12.0. The van der Waals surface area contributed by atoms with Crippen molar-refractivity contribution in [2.24, 2.45) is 0 Å². The zero-order chi connectivity index (χ0) is 16.0. The van der Waals surface area contributed by atoms with Crippen LogP contribution < -0.4 is 14.8 Å². The number of hydrogen-bond acceptors (Lipinski definition) is 4. The molecule has 0 saturated carbocycles. The number of carbonyl (C=O) groups excluding carboxylic acids is 1. The van der Waals surface area contributed by atoms with Crippen LogP contribution in [0.2, 0.25) is 0 Å². The van der Waals surface area contributed by atoms with Gasteiger partial charge in [-0.3, -0.25) is 4.79 Å². The van der Waals surface area contributed by atoms with Crippen molar-refractivity contribution in [3.05, 3.63) is 22.2 Å².